The van der Waals surface area contributed by atoms with Crippen LogP contribution in [0.5, 0.6) is 0 Å². The van der Waals surface area contributed by atoms with Gasteiger partial charge in [-0.1, -0.05) is 0 Å². The van der Waals surface area contributed by atoms with Crippen molar-refractivity contribution in [3.05, 3.63) is 0 Å². The third-order valence-electron chi connectivity index (χ3n) is 0.512. The summed E-state index contributed by atoms with van der Waals surface area (Å²) in [5, 5.41) is 6.32. The Balaban J connectivity index is 3.11. The molecule has 4 heteroatoms. The maximum absolute atomic E-state index is 10.1. The molecular weight excluding hydrogens is 110 g/mol. The maximum atomic E-state index is 10.1. The van der Waals surface area contributed by atoms with Crippen molar-refractivity contribution in [2.24, 2.45) is 0 Å². The van der Waals surface area contributed by atoms with Gasteiger partial charge in [-0.2, -0.15) is 0 Å². The fraction of sp³-hybridized carbons (Fsp3) is 0.500. The van der Waals surface area contributed by atoms with Crippen LogP contribution in [0, 0.1) is 5.41 Å². The standard InChI is InChI=1S/C4H7NO3/c1-7-4(6)2-8-3-5/h3,5H,2H2,1H3. The van der Waals surface area contributed by atoms with Crippen molar-refractivity contribution in [1.82, 2.24) is 0 Å². The molecule has 0 bridgehead atoms. The van der Waals surface area contributed by atoms with Gasteiger partial charge in [0.25, 0.3) is 0 Å². The van der Waals surface area contributed by atoms with E-state index in [9.17, 15) is 4.79 Å². The fourth-order valence-electron chi connectivity index (χ4n) is 0.169. The minimum atomic E-state index is -0.478. The summed E-state index contributed by atoms with van der Waals surface area (Å²) >= 11 is 0. The Bertz CT molecular complexity index is 91.3. The van der Waals surface area contributed by atoms with Gasteiger partial charge in [0.05, 0.1) is 7.11 Å². The van der Waals surface area contributed by atoms with Crippen LogP contribution in [0.3, 0.4) is 0 Å². The van der Waals surface area contributed by atoms with Crippen LogP contribution in [0.15, 0.2) is 0 Å². The Hall–Kier alpha value is -1.06. The number of ether oxygens (including phenoxy) is 2. The van der Waals surface area contributed by atoms with E-state index >= 15 is 0 Å². The zero-order valence-corrected chi connectivity index (χ0v) is 4.51. The Morgan fingerprint density at radius 2 is 2.50 bits per heavy atom. The van der Waals surface area contributed by atoms with Crippen molar-refractivity contribution < 1.29 is 14.3 Å². The second-order valence-corrected chi connectivity index (χ2v) is 1.00. The summed E-state index contributed by atoms with van der Waals surface area (Å²) in [5.41, 5.74) is 0. The van der Waals surface area contributed by atoms with Gasteiger partial charge in [-0.05, 0) is 0 Å². The van der Waals surface area contributed by atoms with E-state index < -0.39 is 5.97 Å². The van der Waals surface area contributed by atoms with Crippen molar-refractivity contribution >= 4 is 12.4 Å². The lowest BCUT2D eigenvalue weighted by Crippen LogP contribution is -2.08. The summed E-state index contributed by atoms with van der Waals surface area (Å²) in [6.07, 6.45) is 0.691. The number of rotatable bonds is 3. The number of methoxy groups -OCH3 is 1. The minimum Gasteiger partial charge on any atom is -0.472 e. The predicted molar refractivity (Wildman–Crippen MR) is 26.8 cm³/mol. The highest BCUT2D eigenvalue weighted by atomic mass is 16.6. The Morgan fingerprint density at radius 3 is 2.88 bits per heavy atom. The molecule has 0 spiro atoms. The first-order valence-corrected chi connectivity index (χ1v) is 1.98. The topological polar surface area (TPSA) is 59.4 Å². The number of esters is 1. The van der Waals surface area contributed by atoms with E-state index in [1.54, 1.807) is 0 Å². The van der Waals surface area contributed by atoms with Crippen LogP contribution in [0.1, 0.15) is 0 Å². The molecule has 4 nitrogen and oxygen atoms in total. The van der Waals surface area contributed by atoms with Gasteiger partial charge in [-0.3, -0.25) is 5.41 Å². The lowest BCUT2D eigenvalue weighted by molar-refractivity contribution is -0.143. The fourth-order valence-corrected chi connectivity index (χ4v) is 0.169. The van der Waals surface area contributed by atoms with E-state index in [-0.39, 0.29) is 6.61 Å². The van der Waals surface area contributed by atoms with Gasteiger partial charge in [0, 0.05) is 0 Å². The van der Waals surface area contributed by atoms with Gasteiger partial charge >= 0.3 is 5.97 Å². The Labute approximate surface area is 46.9 Å². The van der Waals surface area contributed by atoms with Crippen molar-refractivity contribution in [2.45, 2.75) is 0 Å². The third kappa shape index (κ3) is 3.14. The molecule has 0 rings (SSSR count). The van der Waals surface area contributed by atoms with Crippen LogP contribution in [0.25, 0.3) is 0 Å². The minimum absolute atomic E-state index is 0.181. The molecule has 0 fully saturated rings. The van der Waals surface area contributed by atoms with E-state index in [4.69, 9.17) is 5.41 Å². The molecule has 0 aromatic heterocycles. The molecule has 0 aromatic rings. The smallest absolute Gasteiger partial charge is 0.343 e. The summed E-state index contributed by atoms with van der Waals surface area (Å²) in [6, 6.07) is 0. The van der Waals surface area contributed by atoms with Gasteiger partial charge in [-0.15, -0.1) is 0 Å². The number of carbonyl (C=O) groups excluding carboxylic acids is 1. The first kappa shape index (κ1) is 6.94. The SMILES string of the molecule is COC(=O)COC=N. The zero-order valence-electron chi connectivity index (χ0n) is 4.51. The van der Waals surface area contributed by atoms with Gasteiger partial charge in [-0.25, -0.2) is 4.79 Å². The number of hydrogen-bond acceptors (Lipinski definition) is 4. The first-order chi connectivity index (χ1) is 3.81. The van der Waals surface area contributed by atoms with Gasteiger partial charge in [0.2, 0.25) is 0 Å². The van der Waals surface area contributed by atoms with Crippen LogP contribution in [0.2, 0.25) is 0 Å². The molecule has 0 amide bonds. The van der Waals surface area contributed by atoms with Crippen molar-refractivity contribution in [2.75, 3.05) is 13.7 Å². The molecule has 0 radical (unpaired) electrons. The summed E-state index contributed by atoms with van der Waals surface area (Å²) in [6.45, 7) is -0.181. The van der Waals surface area contributed by atoms with Crippen LogP contribution < -0.4 is 0 Å². The molecule has 0 unspecified atom stereocenters. The number of hydrogen-bond donors (Lipinski definition) is 1. The van der Waals surface area contributed by atoms with Crippen LogP contribution in [0.4, 0.5) is 0 Å². The van der Waals surface area contributed by atoms with Crippen LogP contribution >= 0.6 is 0 Å². The number of nitrogens with one attached hydrogen (secondary N) is 1. The lowest BCUT2D eigenvalue weighted by Gasteiger charge is -1.94. The second-order valence-electron chi connectivity index (χ2n) is 1.00. The zero-order chi connectivity index (χ0) is 6.41. The third-order valence-corrected chi connectivity index (χ3v) is 0.512. The van der Waals surface area contributed by atoms with E-state index in [0.29, 0.717) is 6.40 Å². The molecule has 46 valence electrons. The van der Waals surface area contributed by atoms with E-state index in [0.717, 1.165) is 0 Å². The van der Waals surface area contributed by atoms with E-state index in [1.807, 2.05) is 0 Å². The average Bonchev–Trinajstić information content (AvgIpc) is 1.83. The molecule has 0 atom stereocenters. The van der Waals surface area contributed by atoms with Gasteiger partial charge in [0.15, 0.2) is 13.0 Å². The highest BCUT2D eigenvalue weighted by Crippen LogP contribution is 1.72. The van der Waals surface area contributed by atoms with E-state index in [1.165, 1.54) is 7.11 Å². The summed E-state index contributed by atoms with van der Waals surface area (Å²) in [4.78, 5) is 10.1. The molecule has 0 saturated heterocycles. The molecule has 0 aliphatic carbocycles. The van der Waals surface area contributed by atoms with Crippen LogP contribution in [-0.2, 0) is 14.3 Å². The maximum Gasteiger partial charge on any atom is 0.343 e. The molecule has 1 N–H and O–H groups in total. The summed E-state index contributed by atoms with van der Waals surface area (Å²) < 4.78 is 8.44. The average molecular weight is 117 g/mol. The van der Waals surface area contributed by atoms with Crippen molar-refractivity contribution in [1.29, 1.82) is 5.41 Å². The molecule has 0 saturated carbocycles. The molecule has 8 heavy (non-hydrogen) atoms. The summed E-state index contributed by atoms with van der Waals surface area (Å²) in [5.74, 6) is -0.478. The monoisotopic (exact) mass is 117 g/mol. The highest BCUT2D eigenvalue weighted by molar-refractivity contribution is 5.71. The first-order valence-electron chi connectivity index (χ1n) is 1.98. The lowest BCUT2D eigenvalue weighted by atomic mass is 10.7. The number of carbonyl (C=O) groups is 1. The second kappa shape index (κ2) is 4.11. The molecule has 0 heterocycles. The van der Waals surface area contributed by atoms with E-state index in [2.05, 4.69) is 9.47 Å². The predicted octanol–water partition coefficient (Wildman–Crippen LogP) is -0.217. The van der Waals surface area contributed by atoms with Gasteiger partial charge < -0.3 is 9.47 Å². The molecular formula is C4H7NO3. The van der Waals surface area contributed by atoms with Crippen LogP contribution in [-0.4, -0.2) is 26.1 Å². The molecule has 0 aromatic carbocycles. The molecule has 0 aliphatic rings. The highest BCUT2D eigenvalue weighted by Gasteiger charge is 1.95. The molecule has 0 aliphatic heterocycles. The normalized spacial score (nSPS) is 7.62. The quantitative estimate of drug-likeness (QED) is 0.316. The van der Waals surface area contributed by atoms with Crippen molar-refractivity contribution in [3.8, 4) is 0 Å². The largest absolute Gasteiger partial charge is 0.472 e. The Morgan fingerprint density at radius 1 is 1.88 bits per heavy atom. The van der Waals surface area contributed by atoms with Gasteiger partial charge in [0.1, 0.15) is 0 Å². The Kier molecular flexibility index (Phi) is 3.56. The summed E-state index contributed by atoms with van der Waals surface area (Å²) in [7, 11) is 1.26. The van der Waals surface area contributed by atoms with Crippen molar-refractivity contribution in [3.63, 3.8) is 0 Å².